The van der Waals surface area contributed by atoms with Crippen LogP contribution in [0.15, 0.2) is 12.1 Å². The van der Waals surface area contributed by atoms with Gasteiger partial charge in [-0.25, -0.2) is 4.79 Å². The number of carbonyl (C=O) groups is 2. The van der Waals surface area contributed by atoms with E-state index in [1.165, 1.54) is 6.07 Å². The lowest BCUT2D eigenvalue weighted by Gasteiger charge is -2.09. The van der Waals surface area contributed by atoms with Crippen molar-refractivity contribution in [3.05, 3.63) is 23.3 Å². The number of unbranched alkanes of at least 4 members (excludes halogenated alkanes) is 2. The van der Waals surface area contributed by atoms with Gasteiger partial charge in [-0.2, -0.15) is 0 Å². The Morgan fingerprint density at radius 3 is 2.40 bits per heavy atom. The molecule has 5 heteroatoms. The summed E-state index contributed by atoms with van der Waals surface area (Å²) in [5, 5.41) is 28.0. The minimum atomic E-state index is -1.21. The molecule has 5 nitrogen and oxygen atoms in total. The number of phenols is 2. The Hall–Kier alpha value is -2.04. The number of ketones is 1. The molecule has 0 amide bonds. The van der Waals surface area contributed by atoms with Crippen LogP contribution >= 0.6 is 0 Å². The predicted octanol–water partition coefficient (Wildman–Crippen LogP) is 2.88. The Balaban J connectivity index is 2.59. The maximum atomic E-state index is 11.1. The summed E-state index contributed by atoms with van der Waals surface area (Å²) in [5.74, 6) is -1.55. The fourth-order valence-electron chi connectivity index (χ4n) is 2.10. The number of benzene rings is 1. The van der Waals surface area contributed by atoms with Gasteiger partial charge < -0.3 is 15.3 Å². The predicted molar refractivity (Wildman–Crippen MR) is 74.2 cm³/mol. The van der Waals surface area contributed by atoms with Gasteiger partial charge in [0.25, 0.3) is 0 Å². The molecule has 3 N–H and O–H groups in total. The Morgan fingerprint density at radius 1 is 1.10 bits per heavy atom. The number of phenolic OH excluding ortho intramolecular Hbond substituents is 1. The molecule has 110 valence electrons. The van der Waals surface area contributed by atoms with Gasteiger partial charge in [0.1, 0.15) is 22.8 Å². The topological polar surface area (TPSA) is 94.8 Å². The van der Waals surface area contributed by atoms with Crippen molar-refractivity contribution < 1.29 is 24.9 Å². The Kier molecular flexibility index (Phi) is 6.03. The van der Waals surface area contributed by atoms with Crippen molar-refractivity contribution in [3.63, 3.8) is 0 Å². The smallest absolute Gasteiger partial charge is 0.339 e. The minimum absolute atomic E-state index is 0.149. The van der Waals surface area contributed by atoms with Gasteiger partial charge in [-0.1, -0.05) is 13.3 Å². The number of carboxylic acid groups (broad SMARTS) is 1. The van der Waals surface area contributed by atoms with Crippen LogP contribution in [-0.4, -0.2) is 27.1 Å². The molecule has 0 fully saturated rings. The largest absolute Gasteiger partial charge is 0.508 e. The highest BCUT2D eigenvalue weighted by molar-refractivity contribution is 5.92. The number of carboxylic acids is 1. The monoisotopic (exact) mass is 280 g/mol. The van der Waals surface area contributed by atoms with Crippen LogP contribution in [0, 0.1) is 0 Å². The maximum Gasteiger partial charge on any atom is 0.339 e. The molecule has 1 aromatic carbocycles. The fraction of sp³-hybridized carbons (Fsp3) is 0.467. The summed E-state index contributed by atoms with van der Waals surface area (Å²) in [6.07, 6.45) is 3.84. The summed E-state index contributed by atoms with van der Waals surface area (Å²) in [7, 11) is 0. The number of rotatable bonds is 8. The SMILES string of the molecule is CCC(=O)CCCCCc1cc(O)cc(O)c1C(=O)O. The van der Waals surface area contributed by atoms with Crippen molar-refractivity contribution in [2.75, 3.05) is 0 Å². The molecular formula is C15H20O5. The third kappa shape index (κ3) is 4.57. The number of Topliss-reactive ketones (excluding diaryl/α,β-unsaturated/α-hetero) is 1. The van der Waals surface area contributed by atoms with Gasteiger partial charge in [-0.3, -0.25) is 4.79 Å². The highest BCUT2D eigenvalue weighted by Crippen LogP contribution is 2.28. The van der Waals surface area contributed by atoms with E-state index in [-0.39, 0.29) is 17.1 Å². The van der Waals surface area contributed by atoms with Crippen molar-refractivity contribution in [2.45, 2.75) is 45.4 Å². The quantitative estimate of drug-likeness (QED) is 0.636. The van der Waals surface area contributed by atoms with E-state index in [1.807, 2.05) is 6.92 Å². The van der Waals surface area contributed by atoms with E-state index in [9.17, 15) is 19.8 Å². The number of aromatic carboxylic acids is 1. The van der Waals surface area contributed by atoms with E-state index >= 15 is 0 Å². The Bertz CT molecular complexity index is 493. The van der Waals surface area contributed by atoms with E-state index in [0.29, 0.717) is 31.2 Å². The molecule has 0 bridgehead atoms. The second-order valence-corrected chi connectivity index (χ2v) is 4.76. The summed E-state index contributed by atoms with van der Waals surface area (Å²) in [6, 6.07) is 2.38. The van der Waals surface area contributed by atoms with Crippen molar-refractivity contribution in [1.82, 2.24) is 0 Å². The van der Waals surface area contributed by atoms with Gasteiger partial charge in [0.2, 0.25) is 0 Å². The molecule has 0 saturated heterocycles. The summed E-state index contributed by atoms with van der Waals surface area (Å²) in [4.78, 5) is 22.2. The van der Waals surface area contributed by atoms with Crippen molar-refractivity contribution >= 4 is 11.8 Å². The van der Waals surface area contributed by atoms with Crippen molar-refractivity contribution in [2.24, 2.45) is 0 Å². The first kappa shape index (κ1) is 16.0. The molecule has 1 rings (SSSR count). The molecular weight excluding hydrogens is 260 g/mol. The molecule has 0 aromatic heterocycles. The number of aryl methyl sites for hydroxylation is 1. The molecule has 0 radical (unpaired) electrons. The molecule has 1 aromatic rings. The normalized spacial score (nSPS) is 10.4. The lowest BCUT2D eigenvalue weighted by Crippen LogP contribution is -2.03. The minimum Gasteiger partial charge on any atom is -0.508 e. The van der Waals surface area contributed by atoms with Crippen LogP contribution in [0.3, 0.4) is 0 Å². The van der Waals surface area contributed by atoms with E-state index in [1.54, 1.807) is 0 Å². The highest BCUT2D eigenvalue weighted by atomic mass is 16.4. The van der Waals surface area contributed by atoms with Gasteiger partial charge in [-0.05, 0) is 30.9 Å². The first-order valence-electron chi connectivity index (χ1n) is 6.75. The molecule has 0 saturated carbocycles. The van der Waals surface area contributed by atoms with Crippen LogP contribution in [0.5, 0.6) is 11.5 Å². The standard InChI is InChI=1S/C15H20O5/c1-2-11(16)7-5-3-4-6-10-8-12(17)9-13(18)14(10)15(19)20/h8-9,17-18H,2-7H2,1H3,(H,19,20). The molecule has 0 aliphatic rings. The molecule has 20 heavy (non-hydrogen) atoms. The number of hydrogen-bond acceptors (Lipinski definition) is 4. The molecule has 0 aliphatic carbocycles. The third-order valence-electron chi connectivity index (χ3n) is 3.19. The molecule has 0 atom stereocenters. The fourth-order valence-corrected chi connectivity index (χ4v) is 2.10. The molecule has 0 spiro atoms. The lowest BCUT2D eigenvalue weighted by molar-refractivity contribution is -0.118. The first-order chi connectivity index (χ1) is 9.45. The first-order valence-corrected chi connectivity index (χ1v) is 6.75. The van der Waals surface area contributed by atoms with Gasteiger partial charge in [0.05, 0.1) is 0 Å². The van der Waals surface area contributed by atoms with Crippen molar-refractivity contribution in [3.8, 4) is 11.5 Å². The zero-order valence-electron chi connectivity index (χ0n) is 11.6. The van der Waals surface area contributed by atoms with Crippen LogP contribution in [0.4, 0.5) is 0 Å². The highest BCUT2D eigenvalue weighted by Gasteiger charge is 2.16. The van der Waals surface area contributed by atoms with Crippen LogP contribution in [0.2, 0.25) is 0 Å². The number of carbonyl (C=O) groups excluding carboxylic acids is 1. The van der Waals surface area contributed by atoms with E-state index in [4.69, 9.17) is 5.11 Å². The summed E-state index contributed by atoms with van der Waals surface area (Å²) in [6.45, 7) is 1.83. The van der Waals surface area contributed by atoms with Crippen LogP contribution in [0.1, 0.15) is 54.9 Å². The Morgan fingerprint density at radius 2 is 1.80 bits per heavy atom. The van der Waals surface area contributed by atoms with Crippen LogP contribution < -0.4 is 0 Å². The van der Waals surface area contributed by atoms with Gasteiger partial charge in [-0.15, -0.1) is 0 Å². The lowest BCUT2D eigenvalue weighted by atomic mass is 9.99. The van der Waals surface area contributed by atoms with Crippen LogP contribution in [0.25, 0.3) is 0 Å². The van der Waals surface area contributed by atoms with E-state index in [2.05, 4.69) is 0 Å². The van der Waals surface area contributed by atoms with Gasteiger partial charge >= 0.3 is 5.97 Å². The summed E-state index contributed by atoms with van der Waals surface area (Å²) in [5.41, 5.74) is 0.254. The zero-order valence-corrected chi connectivity index (χ0v) is 11.6. The average Bonchev–Trinajstić information content (AvgIpc) is 2.36. The van der Waals surface area contributed by atoms with E-state index in [0.717, 1.165) is 18.9 Å². The third-order valence-corrected chi connectivity index (χ3v) is 3.19. The summed E-state index contributed by atoms with van der Waals surface area (Å²) < 4.78 is 0. The molecule has 0 aliphatic heterocycles. The maximum absolute atomic E-state index is 11.1. The van der Waals surface area contributed by atoms with Gasteiger partial charge in [0, 0.05) is 18.9 Å². The summed E-state index contributed by atoms with van der Waals surface area (Å²) >= 11 is 0. The average molecular weight is 280 g/mol. The zero-order chi connectivity index (χ0) is 15.1. The second-order valence-electron chi connectivity index (χ2n) is 4.76. The molecule has 0 unspecified atom stereocenters. The van der Waals surface area contributed by atoms with Crippen molar-refractivity contribution in [1.29, 1.82) is 0 Å². The van der Waals surface area contributed by atoms with E-state index < -0.39 is 11.7 Å². The number of hydrogen-bond donors (Lipinski definition) is 3. The number of aromatic hydroxyl groups is 2. The second kappa shape index (κ2) is 7.53. The van der Waals surface area contributed by atoms with Gasteiger partial charge in [0.15, 0.2) is 0 Å². The Labute approximate surface area is 117 Å². The molecule has 0 heterocycles. The van der Waals surface area contributed by atoms with Crippen LogP contribution in [-0.2, 0) is 11.2 Å².